The molecule has 8 heteroatoms. The number of rotatable bonds is 4. The molecule has 2 aromatic rings. The number of amides is 2. The molecule has 0 spiro atoms. The third-order valence-corrected chi connectivity index (χ3v) is 5.88. The van der Waals surface area contributed by atoms with Crippen LogP contribution in [0.15, 0.2) is 23.6 Å². The fraction of sp³-hybridized carbons (Fsp3) is 0.353. The van der Waals surface area contributed by atoms with Gasteiger partial charge in [0.15, 0.2) is 0 Å². The molecular formula is C17H20N4O2S2. The molecular weight excluding hydrogens is 356 g/mol. The summed E-state index contributed by atoms with van der Waals surface area (Å²) in [5, 5.41) is 5.26. The van der Waals surface area contributed by atoms with Crippen molar-refractivity contribution in [1.82, 2.24) is 9.88 Å². The van der Waals surface area contributed by atoms with Gasteiger partial charge < -0.3 is 16.0 Å². The molecule has 0 unspecified atom stereocenters. The van der Waals surface area contributed by atoms with E-state index in [2.05, 4.69) is 10.3 Å². The zero-order valence-electron chi connectivity index (χ0n) is 13.9. The lowest BCUT2D eigenvalue weighted by Crippen LogP contribution is -2.38. The van der Waals surface area contributed by atoms with Gasteiger partial charge in [0.05, 0.1) is 0 Å². The van der Waals surface area contributed by atoms with Crippen LogP contribution >= 0.6 is 23.1 Å². The van der Waals surface area contributed by atoms with Crippen LogP contribution in [-0.4, -0.2) is 46.3 Å². The molecule has 2 amide bonds. The van der Waals surface area contributed by atoms with E-state index >= 15 is 0 Å². The highest BCUT2D eigenvalue weighted by Gasteiger charge is 2.21. The largest absolute Gasteiger partial charge is 0.337 e. The van der Waals surface area contributed by atoms with Gasteiger partial charge in [-0.2, -0.15) is 11.8 Å². The predicted octanol–water partition coefficient (Wildman–Crippen LogP) is 2.35. The van der Waals surface area contributed by atoms with Gasteiger partial charge in [-0.05, 0) is 24.6 Å². The molecule has 1 aromatic heterocycles. The van der Waals surface area contributed by atoms with Crippen LogP contribution < -0.4 is 11.1 Å². The van der Waals surface area contributed by atoms with Crippen LogP contribution in [0, 0.1) is 6.92 Å². The number of nitrogens with zero attached hydrogens (tertiary/aromatic N) is 2. The number of thiazole rings is 1. The summed E-state index contributed by atoms with van der Waals surface area (Å²) in [5.41, 5.74) is 7.91. The normalized spacial score (nSPS) is 14.4. The lowest BCUT2D eigenvalue weighted by atomic mass is 10.1. The molecule has 0 atom stereocenters. The molecule has 1 fully saturated rings. The van der Waals surface area contributed by atoms with Crippen LogP contribution in [0.25, 0.3) is 0 Å². The maximum atomic E-state index is 12.8. The van der Waals surface area contributed by atoms with Gasteiger partial charge in [-0.15, -0.1) is 11.3 Å². The van der Waals surface area contributed by atoms with Gasteiger partial charge in [0, 0.05) is 47.8 Å². The predicted molar refractivity (Wildman–Crippen MR) is 102 cm³/mol. The van der Waals surface area contributed by atoms with E-state index in [1.165, 1.54) is 11.3 Å². The first-order valence-corrected chi connectivity index (χ1v) is 10.1. The van der Waals surface area contributed by atoms with Gasteiger partial charge >= 0.3 is 0 Å². The van der Waals surface area contributed by atoms with Crippen LogP contribution in [0.2, 0.25) is 0 Å². The van der Waals surface area contributed by atoms with Crippen molar-refractivity contribution in [3.8, 4) is 0 Å². The molecule has 0 bridgehead atoms. The average molecular weight is 377 g/mol. The number of nitrogens with one attached hydrogen (secondary N) is 1. The minimum absolute atomic E-state index is 0.0213. The molecule has 0 radical (unpaired) electrons. The highest BCUT2D eigenvalue weighted by Crippen LogP contribution is 2.23. The van der Waals surface area contributed by atoms with Gasteiger partial charge in [0.2, 0.25) is 0 Å². The van der Waals surface area contributed by atoms with Crippen molar-refractivity contribution in [2.75, 3.05) is 29.9 Å². The fourth-order valence-electron chi connectivity index (χ4n) is 2.63. The van der Waals surface area contributed by atoms with E-state index in [0.717, 1.165) is 30.2 Å². The van der Waals surface area contributed by atoms with Crippen LogP contribution in [0.5, 0.6) is 0 Å². The van der Waals surface area contributed by atoms with Crippen molar-refractivity contribution in [2.24, 2.45) is 5.73 Å². The highest BCUT2D eigenvalue weighted by atomic mass is 32.2. The number of anilines is 1. The maximum absolute atomic E-state index is 12.8. The van der Waals surface area contributed by atoms with E-state index in [0.29, 0.717) is 28.5 Å². The van der Waals surface area contributed by atoms with Crippen LogP contribution in [-0.2, 0) is 6.54 Å². The maximum Gasteiger partial charge on any atom is 0.275 e. The number of hydrogen-bond donors (Lipinski definition) is 2. The van der Waals surface area contributed by atoms with Gasteiger partial charge in [0.1, 0.15) is 10.7 Å². The number of thioether (sulfide) groups is 1. The molecule has 1 aliphatic heterocycles. The molecule has 2 heterocycles. The summed E-state index contributed by atoms with van der Waals surface area (Å²) in [6.07, 6.45) is 0. The Balaban J connectivity index is 1.78. The van der Waals surface area contributed by atoms with Gasteiger partial charge in [-0.25, -0.2) is 4.98 Å². The number of carbonyl (C=O) groups is 2. The Labute approximate surface area is 154 Å². The van der Waals surface area contributed by atoms with E-state index in [1.807, 2.05) is 29.7 Å². The standard InChI is InChI=1S/C17H20N4O2S2/c1-11-12(17(23)21-5-7-24-8-6-21)3-2-4-13(11)20-16(22)14-10-25-15(9-18)19-14/h2-4,10H,5-9,18H2,1H3,(H,20,22). The summed E-state index contributed by atoms with van der Waals surface area (Å²) < 4.78 is 0. The third kappa shape index (κ3) is 4.02. The Morgan fingerprint density at radius 2 is 2.08 bits per heavy atom. The van der Waals surface area contributed by atoms with E-state index in [1.54, 1.807) is 17.5 Å². The third-order valence-electron chi connectivity index (χ3n) is 4.07. The quantitative estimate of drug-likeness (QED) is 0.855. The summed E-state index contributed by atoms with van der Waals surface area (Å²) in [6, 6.07) is 5.40. The molecule has 0 aliphatic carbocycles. The Hall–Kier alpha value is -1.90. The van der Waals surface area contributed by atoms with Gasteiger partial charge in [-0.1, -0.05) is 6.07 Å². The van der Waals surface area contributed by atoms with Crippen molar-refractivity contribution in [1.29, 1.82) is 0 Å². The van der Waals surface area contributed by atoms with Crippen molar-refractivity contribution < 1.29 is 9.59 Å². The Kier molecular flexibility index (Phi) is 5.72. The second-order valence-electron chi connectivity index (χ2n) is 5.67. The van der Waals surface area contributed by atoms with Crippen LogP contribution in [0.3, 0.4) is 0 Å². The fourth-order valence-corrected chi connectivity index (χ4v) is 4.19. The number of aromatic nitrogens is 1. The van der Waals surface area contributed by atoms with Crippen LogP contribution in [0.1, 0.15) is 31.4 Å². The zero-order valence-corrected chi connectivity index (χ0v) is 15.6. The molecule has 6 nitrogen and oxygen atoms in total. The van der Waals surface area contributed by atoms with E-state index in [-0.39, 0.29) is 11.8 Å². The first kappa shape index (κ1) is 17.9. The Bertz CT molecular complexity index is 785. The number of hydrogen-bond acceptors (Lipinski definition) is 6. The Morgan fingerprint density at radius 1 is 1.32 bits per heavy atom. The summed E-state index contributed by atoms with van der Waals surface area (Å²) in [6.45, 7) is 3.70. The number of benzene rings is 1. The van der Waals surface area contributed by atoms with Crippen molar-refractivity contribution in [3.63, 3.8) is 0 Å². The lowest BCUT2D eigenvalue weighted by Gasteiger charge is -2.27. The van der Waals surface area contributed by atoms with Crippen molar-refractivity contribution in [2.45, 2.75) is 13.5 Å². The Morgan fingerprint density at radius 3 is 2.76 bits per heavy atom. The first-order chi connectivity index (χ1) is 12.1. The van der Waals surface area contributed by atoms with E-state index in [4.69, 9.17) is 5.73 Å². The summed E-state index contributed by atoms with van der Waals surface area (Å²) in [7, 11) is 0. The summed E-state index contributed by atoms with van der Waals surface area (Å²) in [4.78, 5) is 31.2. The number of nitrogens with two attached hydrogens (primary N) is 1. The van der Waals surface area contributed by atoms with Gasteiger partial charge in [-0.3, -0.25) is 9.59 Å². The molecule has 3 rings (SSSR count). The molecule has 1 aliphatic rings. The van der Waals surface area contributed by atoms with Crippen molar-refractivity contribution >= 4 is 40.6 Å². The molecule has 1 saturated heterocycles. The second-order valence-corrected chi connectivity index (χ2v) is 7.83. The summed E-state index contributed by atoms with van der Waals surface area (Å²) in [5.74, 6) is 1.66. The topological polar surface area (TPSA) is 88.3 Å². The average Bonchev–Trinajstić information content (AvgIpc) is 3.13. The van der Waals surface area contributed by atoms with Crippen LogP contribution in [0.4, 0.5) is 5.69 Å². The van der Waals surface area contributed by atoms with Gasteiger partial charge in [0.25, 0.3) is 11.8 Å². The second kappa shape index (κ2) is 7.99. The molecule has 0 saturated carbocycles. The minimum atomic E-state index is -0.293. The first-order valence-electron chi connectivity index (χ1n) is 8.02. The highest BCUT2D eigenvalue weighted by molar-refractivity contribution is 7.99. The van der Waals surface area contributed by atoms with E-state index in [9.17, 15) is 9.59 Å². The number of carbonyl (C=O) groups excluding carboxylic acids is 2. The van der Waals surface area contributed by atoms with E-state index < -0.39 is 0 Å². The zero-order chi connectivity index (χ0) is 17.8. The SMILES string of the molecule is Cc1c(NC(=O)c2csc(CN)n2)cccc1C(=O)N1CCSCC1. The van der Waals surface area contributed by atoms with Crippen molar-refractivity contribution in [3.05, 3.63) is 45.4 Å². The monoisotopic (exact) mass is 376 g/mol. The smallest absolute Gasteiger partial charge is 0.275 e. The lowest BCUT2D eigenvalue weighted by molar-refractivity contribution is 0.0771. The minimum Gasteiger partial charge on any atom is -0.337 e. The molecule has 132 valence electrons. The summed E-state index contributed by atoms with van der Waals surface area (Å²) >= 11 is 3.22. The molecule has 3 N–H and O–H groups in total. The molecule has 1 aromatic carbocycles. The molecule has 25 heavy (non-hydrogen) atoms.